The Morgan fingerprint density at radius 3 is 1.21 bits per heavy atom. The Balaban J connectivity index is 1.71. The first kappa shape index (κ1) is 38.6. The third-order valence-electron chi connectivity index (χ3n) is 4.80. The van der Waals surface area contributed by atoms with Crippen LogP contribution in [0.1, 0.15) is 0 Å². The van der Waals surface area contributed by atoms with Crippen molar-refractivity contribution in [3.63, 3.8) is 0 Å². The highest BCUT2D eigenvalue weighted by Gasteiger charge is 2.13. The monoisotopic (exact) mass is 760 g/mol. The van der Waals surface area contributed by atoms with E-state index in [1.807, 2.05) is 0 Å². The number of hydrogen-bond donors (Lipinski definition) is 10. The van der Waals surface area contributed by atoms with Gasteiger partial charge in [0.2, 0.25) is 35.7 Å². The van der Waals surface area contributed by atoms with Crippen molar-refractivity contribution >= 4 is 91.6 Å². The van der Waals surface area contributed by atoms with Gasteiger partial charge in [0.05, 0.1) is 11.5 Å². The van der Waals surface area contributed by atoms with Crippen LogP contribution in [0.2, 0.25) is 0 Å². The van der Waals surface area contributed by atoms with E-state index >= 15 is 0 Å². The van der Waals surface area contributed by atoms with Gasteiger partial charge in [0.1, 0.15) is 0 Å². The van der Waals surface area contributed by atoms with Crippen molar-refractivity contribution in [1.82, 2.24) is 40.1 Å². The molecule has 48 heavy (non-hydrogen) atoms. The van der Waals surface area contributed by atoms with Crippen LogP contribution in [0.3, 0.4) is 0 Å². The van der Waals surface area contributed by atoms with E-state index < -0.39 is 31.7 Å². The summed E-state index contributed by atoms with van der Waals surface area (Å²) < 4.78 is 70.7. The predicted molar refractivity (Wildman–Crippen MR) is 170 cm³/mol. The van der Waals surface area contributed by atoms with E-state index in [0.29, 0.717) is 24.6 Å². The molecule has 0 aromatic carbocycles. The number of nitrogens with one attached hydrogen (secondary N) is 6. The van der Waals surface area contributed by atoms with Crippen molar-refractivity contribution in [2.45, 2.75) is 0 Å². The summed E-state index contributed by atoms with van der Waals surface area (Å²) in [6.07, 6.45) is 0. The van der Waals surface area contributed by atoms with Gasteiger partial charge in [0.15, 0.2) is 11.6 Å². The normalized spacial score (nSPS) is 11.6. The van der Waals surface area contributed by atoms with Crippen LogP contribution < -0.4 is 31.9 Å². The van der Waals surface area contributed by atoms with E-state index in [9.17, 15) is 16.8 Å². The lowest BCUT2D eigenvalue weighted by molar-refractivity contribution is -0.432. The lowest BCUT2D eigenvalue weighted by Crippen LogP contribution is -2.19. The van der Waals surface area contributed by atoms with Crippen molar-refractivity contribution in [1.29, 1.82) is 0 Å². The van der Waals surface area contributed by atoms with Crippen LogP contribution in [0.25, 0.3) is 0 Å². The Hall–Kier alpha value is -3.82. The molecule has 0 amide bonds. The molecule has 0 bridgehead atoms. The molecule has 0 aliphatic rings. The van der Waals surface area contributed by atoms with E-state index in [1.165, 1.54) is 12.1 Å². The van der Waals surface area contributed by atoms with E-state index in [1.54, 1.807) is 0 Å². The number of anilines is 8. The second kappa shape index (κ2) is 19.9. The van der Waals surface area contributed by atoms with E-state index in [4.69, 9.17) is 19.6 Å². The Morgan fingerprint density at radius 2 is 0.896 bits per heavy atom. The maximum Gasteiger partial charge on any atom is 0.266 e. The number of rotatable bonds is 24. The molecule has 0 atom stereocenters. The molecule has 0 saturated heterocycles. The van der Waals surface area contributed by atoms with Crippen LogP contribution in [0.5, 0.6) is 0 Å². The number of nitrogens with zero attached hydrogens (tertiary/aromatic N) is 8. The molecule has 0 spiro atoms. The van der Waals surface area contributed by atoms with Gasteiger partial charge in [0.25, 0.3) is 20.2 Å². The molecule has 266 valence electrons. The Morgan fingerprint density at radius 1 is 0.562 bits per heavy atom. The molecule has 3 aromatic rings. The second-order valence-electron chi connectivity index (χ2n) is 8.37. The summed E-state index contributed by atoms with van der Waals surface area (Å²) in [5, 5.41) is 48.3. The summed E-state index contributed by atoms with van der Waals surface area (Å²) in [6.45, 7) is 0.0790. The molecule has 0 aliphatic carbocycles. The van der Waals surface area contributed by atoms with E-state index in [-0.39, 0.29) is 60.4 Å². The number of aromatic nitrogens is 8. The van der Waals surface area contributed by atoms with Gasteiger partial charge in [-0.15, -0.1) is 18.9 Å². The van der Waals surface area contributed by atoms with Crippen LogP contribution in [0, 0.1) is 0 Å². The third-order valence-corrected chi connectivity index (χ3v) is 7.29. The molecule has 0 aliphatic heterocycles. The van der Waals surface area contributed by atoms with Crippen molar-refractivity contribution in [2.24, 2.45) is 0 Å². The Bertz CT molecular complexity index is 1560. The van der Waals surface area contributed by atoms with E-state index in [0.717, 1.165) is 24.1 Å². The molecule has 26 nitrogen and oxygen atoms in total. The third kappa shape index (κ3) is 16.3. The van der Waals surface area contributed by atoms with Gasteiger partial charge in [-0.2, -0.15) is 46.7 Å². The zero-order valence-electron chi connectivity index (χ0n) is 24.1. The highest BCUT2D eigenvalue weighted by Crippen LogP contribution is 2.18. The minimum atomic E-state index is -4.28. The Kier molecular flexibility index (Phi) is 16.0. The van der Waals surface area contributed by atoms with Gasteiger partial charge in [-0.3, -0.25) is 9.11 Å². The average molecular weight is 761 g/mol. The molecular formula is C18H28N14O12S4. The van der Waals surface area contributed by atoms with Crippen LogP contribution in [0.15, 0.2) is 12.1 Å². The largest absolute Gasteiger partial charge is 0.353 e. The van der Waals surface area contributed by atoms with Crippen molar-refractivity contribution < 1.29 is 55.2 Å². The standard InChI is InChI=1S/C18H28N14O12S4/c33-41-43-45-7-3-19-13-25-14(20-4-8-46-44-42-34)28-17(27-13)23-11-1-2-12(32-31-11)24-18-29-15(21-5-9-47(35,36)37)26-16(30-18)22-6-10-48(38,39)40/h1-2,33-34H,3-10H2,(H,35,36,37)(H,38,39,40)(H3,19,20,23,25,27,28,31)(H3,21,22,24,26,29,30,32). The first-order valence-corrected chi connectivity index (χ1v) is 17.9. The lowest BCUT2D eigenvalue weighted by Gasteiger charge is -2.11. The fourth-order valence-electron chi connectivity index (χ4n) is 2.98. The highest BCUT2D eigenvalue weighted by molar-refractivity contribution is 7.94. The molecule has 3 rings (SSSR count). The van der Waals surface area contributed by atoms with Crippen LogP contribution in [0.4, 0.5) is 47.3 Å². The summed E-state index contributed by atoms with van der Waals surface area (Å²) in [5.41, 5.74) is 0. The molecule has 30 heteroatoms. The van der Waals surface area contributed by atoms with Gasteiger partial charge >= 0.3 is 0 Å². The molecule has 3 aromatic heterocycles. The van der Waals surface area contributed by atoms with Crippen molar-refractivity contribution in [3.05, 3.63) is 12.1 Å². The molecule has 0 radical (unpaired) electrons. The van der Waals surface area contributed by atoms with Gasteiger partial charge in [0, 0.05) is 61.8 Å². The van der Waals surface area contributed by atoms with Crippen molar-refractivity contribution in [3.8, 4) is 0 Å². The average Bonchev–Trinajstić information content (AvgIpc) is 3.00. The molecule has 3 heterocycles. The number of hydrogen-bond acceptors (Lipinski definition) is 26. The van der Waals surface area contributed by atoms with Gasteiger partial charge in [-0.05, 0) is 12.1 Å². The zero-order chi connectivity index (χ0) is 34.8. The fourth-order valence-corrected chi connectivity index (χ4v) is 4.29. The van der Waals surface area contributed by atoms with Crippen LogP contribution >= 0.6 is 24.1 Å². The van der Waals surface area contributed by atoms with Crippen molar-refractivity contribution in [2.75, 3.05) is 81.1 Å². The lowest BCUT2D eigenvalue weighted by atomic mass is 10.5. The molecular weight excluding hydrogens is 733 g/mol. The van der Waals surface area contributed by atoms with E-state index in [2.05, 4.69) is 90.7 Å². The van der Waals surface area contributed by atoms with Gasteiger partial charge in [-0.25, -0.2) is 10.5 Å². The summed E-state index contributed by atoms with van der Waals surface area (Å²) in [5.74, 6) is -0.275. The van der Waals surface area contributed by atoms with Gasteiger partial charge < -0.3 is 31.9 Å². The minimum absolute atomic E-state index is 0.0638. The quantitative estimate of drug-likeness (QED) is 0.0187. The summed E-state index contributed by atoms with van der Waals surface area (Å²) in [7, 11) is -8.56. The maximum atomic E-state index is 11.0. The maximum absolute atomic E-state index is 11.0. The zero-order valence-corrected chi connectivity index (χ0v) is 27.3. The smallest absolute Gasteiger partial charge is 0.266 e. The summed E-state index contributed by atoms with van der Waals surface area (Å²) in [4.78, 5) is 24.9. The summed E-state index contributed by atoms with van der Waals surface area (Å²) in [6, 6.07) is 2.99. The first-order valence-electron chi connectivity index (χ1n) is 12.9. The Labute approximate surface area is 279 Å². The molecule has 10 N–H and O–H groups in total. The molecule has 0 fully saturated rings. The highest BCUT2D eigenvalue weighted by atomic mass is 32.2. The van der Waals surface area contributed by atoms with Crippen LogP contribution in [-0.4, -0.2) is 126 Å². The SMILES string of the molecule is O=S(=O)(O)CCNc1nc(NCCS(=O)(=O)O)nc(Nc2ccc(Nc3nc(NCCSOOO)nc(NCCSOOO)n3)nn2)n1. The van der Waals surface area contributed by atoms with Gasteiger partial charge in [-0.1, -0.05) is 10.1 Å². The predicted octanol–water partition coefficient (Wildman–Crippen LogP) is -0.104. The summed E-state index contributed by atoms with van der Waals surface area (Å²) >= 11 is 1.65. The fraction of sp³-hybridized carbons (Fsp3) is 0.444. The van der Waals surface area contributed by atoms with Crippen LogP contribution in [-0.2, 0) is 39.0 Å². The minimum Gasteiger partial charge on any atom is -0.353 e. The molecule has 0 unspecified atom stereocenters. The first-order chi connectivity index (χ1) is 22.9. The topological polar surface area (TPSA) is 361 Å². The molecule has 0 saturated carbocycles. The second-order valence-corrected chi connectivity index (χ2v) is 13.1.